The molecule has 0 aliphatic carbocycles. The van der Waals surface area contributed by atoms with Crippen LogP contribution >= 0.6 is 0 Å². The van der Waals surface area contributed by atoms with Crippen molar-refractivity contribution in [1.82, 2.24) is 0 Å². The molecule has 0 aromatic heterocycles. The fourth-order valence-corrected chi connectivity index (χ4v) is 1.86. The average Bonchev–Trinajstić information content (AvgIpc) is 2.53. The van der Waals surface area contributed by atoms with Crippen molar-refractivity contribution in [2.24, 2.45) is 0 Å². The summed E-state index contributed by atoms with van der Waals surface area (Å²) in [6.45, 7) is -0.399. The van der Waals surface area contributed by atoms with Crippen LogP contribution in [-0.2, 0) is 33.9 Å². The summed E-state index contributed by atoms with van der Waals surface area (Å²) in [7, 11) is -6.36. The summed E-state index contributed by atoms with van der Waals surface area (Å²) in [4.78, 5) is 22.8. The topological polar surface area (TPSA) is 116 Å². The molecule has 21 heteroatoms. The predicted octanol–water partition coefficient (Wildman–Crippen LogP) is 3.20. The standard InChI is InChI=1S/C12H8F12O8S/c1-4(13)5(25)32-9(12(22,23)24,30-3-2-8(14,15)33(27,28)29)7(26)31-6(10(16,17)18)11(19,20)21/h6H,1-3H2,(H,27,28,29). The minimum Gasteiger partial charge on any atom is -0.438 e. The molecule has 1 atom stereocenters. The molecular weight excluding hydrogens is 532 g/mol. The van der Waals surface area contributed by atoms with E-state index in [0.29, 0.717) is 0 Å². The lowest BCUT2D eigenvalue weighted by Gasteiger charge is -2.34. The van der Waals surface area contributed by atoms with E-state index in [1.807, 2.05) is 0 Å². The Balaban J connectivity index is 6.45. The molecule has 0 aromatic carbocycles. The van der Waals surface area contributed by atoms with Crippen LogP contribution in [0, 0.1) is 0 Å². The number of hydrogen-bond acceptors (Lipinski definition) is 7. The van der Waals surface area contributed by atoms with Crippen LogP contribution < -0.4 is 0 Å². The number of esters is 2. The van der Waals surface area contributed by atoms with E-state index in [9.17, 15) is 70.7 Å². The minimum atomic E-state index is -6.75. The third-order valence-corrected chi connectivity index (χ3v) is 3.95. The van der Waals surface area contributed by atoms with Gasteiger partial charge in [-0.2, -0.15) is 61.1 Å². The van der Waals surface area contributed by atoms with Crippen molar-refractivity contribution >= 4 is 22.1 Å². The van der Waals surface area contributed by atoms with E-state index in [1.165, 1.54) is 0 Å². The van der Waals surface area contributed by atoms with E-state index >= 15 is 0 Å². The van der Waals surface area contributed by atoms with Crippen LogP contribution in [0.3, 0.4) is 0 Å². The SMILES string of the molecule is C=C(F)C(=O)OC(OCCC(F)(F)S(=O)(=O)O)(C(=O)OC(C(F)(F)F)C(F)(F)F)C(F)(F)F. The summed E-state index contributed by atoms with van der Waals surface area (Å²) in [5.41, 5.74) is 0. The Hall–Kier alpha value is -2.29. The highest BCUT2D eigenvalue weighted by Crippen LogP contribution is 2.41. The van der Waals surface area contributed by atoms with Gasteiger partial charge in [0.2, 0.25) is 5.83 Å². The summed E-state index contributed by atoms with van der Waals surface area (Å²) in [5.74, 6) is -15.2. The predicted molar refractivity (Wildman–Crippen MR) is 74.2 cm³/mol. The Bertz CT molecular complexity index is 845. The van der Waals surface area contributed by atoms with E-state index in [0.717, 1.165) is 0 Å². The summed E-state index contributed by atoms with van der Waals surface area (Å²) >= 11 is 0. The lowest BCUT2D eigenvalue weighted by Crippen LogP contribution is -2.61. The first kappa shape index (κ1) is 30.7. The number of carbonyl (C=O) groups excluding carboxylic acids is 2. The molecule has 8 nitrogen and oxygen atoms in total. The largest absolute Gasteiger partial charge is 0.468 e. The average molecular weight is 540 g/mol. The van der Waals surface area contributed by atoms with E-state index in [1.54, 1.807) is 0 Å². The molecule has 0 amide bonds. The molecule has 0 aliphatic rings. The van der Waals surface area contributed by atoms with Crippen molar-refractivity contribution < 1.29 is 89.5 Å². The van der Waals surface area contributed by atoms with E-state index in [4.69, 9.17) is 4.55 Å². The van der Waals surface area contributed by atoms with Gasteiger partial charge in [-0.15, -0.1) is 0 Å². The van der Waals surface area contributed by atoms with E-state index in [2.05, 4.69) is 20.8 Å². The summed E-state index contributed by atoms with van der Waals surface area (Å²) in [6, 6.07) is 0. The number of alkyl halides is 11. The van der Waals surface area contributed by atoms with Gasteiger partial charge in [0.05, 0.1) is 13.0 Å². The minimum absolute atomic E-state index is 2.06. The van der Waals surface area contributed by atoms with Crippen LogP contribution in [0.1, 0.15) is 6.42 Å². The highest BCUT2D eigenvalue weighted by molar-refractivity contribution is 7.86. The first-order chi connectivity index (χ1) is 14.3. The smallest absolute Gasteiger partial charge is 0.438 e. The summed E-state index contributed by atoms with van der Waals surface area (Å²) < 4.78 is 192. The highest BCUT2D eigenvalue weighted by atomic mass is 32.2. The lowest BCUT2D eigenvalue weighted by molar-refractivity contribution is -0.370. The second-order valence-electron chi connectivity index (χ2n) is 5.49. The Labute approximate surface area is 173 Å². The zero-order chi connectivity index (χ0) is 26.8. The molecule has 0 aromatic rings. The number of hydrogen-bond donors (Lipinski definition) is 1. The molecule has 0 saturated carbocycles. The fraction of sp³-hybridized carbons (Fsp3) is 0.667. The van der Waals surface area contributed by atoms with Crippen molar-refractivity contribution in [2.45, 2.75) is 42.1 Å². The maximum Gasteiger partial charge on any atom is 0.468 e. The van der Waals surface area contributed by atoms with Crippen LogP contribution in [0.25, 0.3) is 0 Å². The summed E-state index contributed by atoms with van der Waals surface area (Å²) in [6.07, 6.45) is -27.8. The van der Waals surface area contributed by atoms with Gasteiger partial charge in [0.25, 0.3) is 6.10 Å². The van der Waals surface area contributed by atoms with Gasteiger partial charge in [0.15, 0.2) is 0 Å². The zero-order valence-electron chi connectivity index (χ0n) is 14.9. The molecule has 1 unspecified atom stereocenters. The van der Waals surface area contributed by atoms with Gasteiger partial charge < -0.3 is 14.2 Å². The molecule has 194 valence electrons. The number of halogens is 12. The van der Waals surface area contributed by atoms with Gasteiger partial charge >= 0.3 is 51.6 Å². The van der Waals surface area contributed by atoms with Gasteiger partial charge in [0, 0.05) is 0 Å². The zero-order valence-corrected chi connectivity index (χ0v) is 15.8. The van der Waals surface area contributed by atoms with Crippen LogP contribution in [0.15, 0.2) is 12.4 Å². The lowest BCUT2D eigenvalue weighted by atomic mass is 10.2. The third kappa shape index (κ3) is 7.62. The number of carbonyl (C=O) groups is 2. The molecule has 33 heavy (non-hydrogen) atoms. The van der Waals surface area contributed by atoms with Crippen molar-refractivity contribution in [3.8, 4) is 0 Å². The molecule has 0 heterocycles. The molecule has 0 aliphatic heterocycles. The second-order valence-corrected chi connectivity index (χ2v) is 7.04. The van der Waals surface area contributed by atoms with Crippen molar-refractivity contribution in [3.63, 3.8) is 0 Å². The molecule has 0 spiro atoms. The molecule has 0 saturated heterocycles. The Morgan fingerprint density at radius 3 is 1.64 bits per heavy atom. The summed E-state index contributed by atoms with van der Waals surface area (Å²) in [5, 5.41) is -5.34. The molecular formula is C12H8F12O8S. The van der Waals surface area contributed by atoms with Crippen molar-refractivity contribution in [3.05, 3.63) is 12.4 Å². The van der Waals surface area contributed by atoms with Crippen molar-refractivity contribution in [1.29, 1.82) is 0 Å². The third-order valence-electron chi connectivity index (χ3n) is 3.00. The highest BCUT2D eigenvalue weighted by Gasteiger charge is 2.71. The van der Waals surface area contributed by atoms with Gasteiger partial charge in [-0.25, -0.2) is 9.59 Å². The van der Waals surface area contributed by atoms with Crippen molar-refractivity contribution in [2.75, 3.05) is 6.61 Å². The first-order valence-corrected chi connectivity index (χ1v) is 8.71. The molecule has 1 N–H and O–H groups in total. The normalized spacial score (nSPS) is 15.7. The van der Waals surface area contributed by atoms with Crippen LogP contribution in [0.5, 0.6) is 0 Å². The molecule has 0 rings (SSSR count). The first-order valence-electron chi connectivity index (χ1n) is 7.27. The molecule has 0 radical (unpaired) electrons. The maximum atomic E-state index is 13.4. The van der Waals surface area contributed by atoms with Gasteiger partial charge in [-0.3, -0.25) is 4.55 Å². The monoisotopic (exact) mass is 540 g/mol. The molecule has 0 bridgehead atoms. The number of rotatable bonds is 9. The molecule has 0 fully saturated rings. The Morgan fingerprint density at radius 1 is 0.909 bits per heavy atom. The van der Waals surface area contributed by atoms with Crippen LogP contribution in [0.4, 0.5) is 52.7 Å². The Morgan fingerprint density at radius 2 is 1.33 bits per heavy atom. The quantitative estimate of drug-likeness (QED) is 0.156. The van der Waals surface area contributed by atoms with Crippen LogP contribution in [0.2, 0.25) is 0 Å². The number of ether oxygens (including phenoxy) is 3. The van der Waals surface area contributed by atoms with E-state index < -0.39 is 76.6 Å². The van der Waals surface area contributed by atoms with E-state index in [-0.39, 0.29) is 0 Å². The van der Waals surface area contributed by atoms with Gasteiger partial charge in [0.1, 0.15) is 0 Å². The van der Waals surface area contributed by atoms with Crippen LogP contribution in [-0.4, -0.2) is 67.2 Å². The fourth-order valence-electron chi connectivity index (χ4n) is 1.52. The maximum absolute atomic E-state index is 13.4. The second kappa shape index (κ2) is 9.52. The Kier molecular flexibility index (Phi) is 8.86. The van der Waals surface area contributed by atoms with Gasteiger partial charge in [-0.1, -0.05) is 6.58 Å². The van der Waals surface area contributed by atoms with Gasteiger partial charge in [-0.05, 0) is 0 Å².